The van der Waals surface area contributed by atoms with Crippen LogP contribution in [0.5, 0.6) is 0 Å². The van der Waals surface area contributed by atoms with E-state index in [1.54, 1.807) is 18.6 Å². The maximum atomic E-state index is 11.6. The molecule has 1 spiro atoms. The molecule has 8 heteroatoms. The van der Waals surface area contributed by atoms with Crippen LogP contribution < -0.4 is 4.90 Å². The van der Waals surface area contributed by atoms with Crippen LogP contribution in [-0.2, 0) is 14.8 Å². The summed E-state index contributed by atoms with van der Waals surface area (Å²) in [6.07, 6.45) is 6.99. The van der Waals surface area contributed by atoms with Gasteiger partial charge in [-0.25, -0.2) is 13.4 Å². The van der Waals surface area contributed by atoms with Crippen LogP contribution in [-0.4, -0.2) is 67.3 Å². The molecule has 1 aromatic rings. The van der Waals surface area contributed by atoms with Crippen molar-refractivity contribution in [3.05, 3.63) is 18.6 Å². The molecule has 2 saturated heterocycles. The zero-order chi connectivity index (χ0) is 14.2. The molecule has 0 radical (unpaired) electrons. The van der Waals surface area contributed by atoms with E-state index in [1.807, 2.05) is 0 Å². The van der Waals surface area contributed by atoms with Crippen LogP contribution >= 0.6 is 0 Å². The molecule has 1 aromatic heterocycles. The van der Waals surface area contributed by atoms with E-state index >= 15 is 0 Å². The normalized spacial score (nSPS) is 28.1. The number of rotatable bonds is 2. The van der Waals surface area contributed by atoms with Crippen LogP contribution in [0.1, 0.15) is 6.42 Å². The number of hydrogen-bond acceptors (Lipinski definition) is 6. The maximum Gasteiger partial charge on any atom is 0.211 e. The molecular formula is C12H18N4O3S. The molecule has 20 heavy (non-hydrogen) atoms. The van der Waals surface area contributed by atoms with Gasteiger partial charge in [-0.3, -0.25) is 4.98 Å². The SMILES string of the molecule is CS(=O)(=O)N1CCC2(CN(c3cnccn3)CCO2)C1. The van der Waals surface area contributed by atoms with Gasteiger partial charge in [-0.15, -0.1) is 0 Å². The van der Waals surface area contributed by atoms with E-state index in [0.29, 0.717) is 26.2 Å². The summed E-state index contributed by atoms with van der Waals surface area (Å²) in [4.78, 5) is 10.5. The average Bonchev–Trinajstić information content (AvgIpc) is 2.84. The molecule has 0 bridgehead atoms. The van der Waals surface area contributed by atoms with Gasteiger partial charge in [-0.2, -0.15) is 4.31 Å². The minimum Gasteiger partial charge on any atom is -0.370 e. The average molecular weight is 298 g/mol. The van der Waals surface area contributed by atoms with E-state index in [9.17, 15) is 8.42 Å². The second-order valence-electron chi connectivity index (χ2n) is 5.36. The van der Waals surface area contributed by atoms with Crippen molar-refractivity contribution >= 4 is 15.8 Å². The summed E-state index contributed by atoms with van der Waals surface area (Å²) in [6, 6.07) is 0. The van der Waals surface area contributed by atoms with Gasteiger partial charge in [-0.05, 0) is 6.42 Å². The Kier molecular flexibility index (Phi) is 3.39. The number of anilines is 1. The monoisotopic (exact) mass is 298 g/mol. The van der Waals surface area contributed by atoms with Crippen molar-refractivity contribution < 1.29 is 13.2 Å². The van der Waals surface area contributed by atoms with Crippen LogP contribution in [0.25, 0.3) is 0 Å². The van der Waals surface area contributed by atoms with Gasteiger partial charge in [0.05, 0.1) is 19.1 Å². The number of hydrogen-bond donors (Lipinski definition) is 0. The Bertz CT molecular complexity index is 580. The number of sulfonamides is 1. The Morgan fingerprint density at radius 3 is 2.80 bits per heavy atom. The van der Waals surface area contributed by atoms with Crippen LogP contribution in [0.15, 0.2) is 18.6 Å². The molecule has 2 aliphatic rings. The third kappa shape index (κ3) is 2.63. The van der Waals surface area contributed by atoms with Gasteiger partial charge in [0, 0.05) is 38.6 Å². The topological polar surface area (TPSA) is 75.6 Å². The molecule has 0 amide bonds. The Labute approximate surface area is 118 Å². The summed E-state index contributed by atoms with van der Waals surface area (Å²) >= 11 is 0. The molecule has 0 N–H and O–H groups in total. The minimum atomic E-state index is -3.15. The first kappa shape index (κ1) is 13.7. The van der Waals surface area contributed by atoms with Crippen molar-refractivity contribution in [3.8, 4) is 0 Å². The molecule has 2 fully saturated rings. The van der Waals surface area contributed by atoms with Gasteiger partial charge in [0.1, 0.15) is 11.4 Å². The smallest absolute Gasteiger partial charge is 0.211 e. The Balaban J connectivity index is 1.76. The molecule has 3 rings (SSSR count). The standard InChI is InChI=1S/C12H18N4O3S/c1-20(17,18)16-5-2-12(10-16)9-15(6-7-19-12)11-8-13-3-4-14-11/h3-4,8H,2,5-7,9-10H2,1H3. The summed E-state index contributed by atoms with van der Waals surface area (Å²) in [5, 5.41) is 0. The van der Waals surface area contributed by atoms with Gasteiger partial charge in [0.25, 0.3) is 0 Å². The number of aromatic nitrogens is 2. The second kappa shape index (κ2) is 4.94. The molecule has 2 aliphatic heterocycles. The number of ether oxygens (including phenoxy) is 1. The first-order chi connectivity index (χ1) is 9.49. The first-order valence-corrected chi connectivity index (χ1v) is 8.43. The lowest BCUT2D eigenvalue weighted by molar-refractivity contribution is -0.0438. The van der Waals surface area contributed by atoms with E-state index < -0.39 is 15.6 Å². The minimum absolute atomic E-state index is 0.418. The molecule has 0 aromatic carbocycles. The van der Waals surface area contributed by atoms with Crippen molar-refractivity contribution in [1.29, 1.82) is 0 Å². The molecule has 0 saturated carbocycles. The highest BCUT2D eigenvalue weighted by Crippen LogP contribution is 2.31. The zero-order valence-electron chi connectivity index (χ0n) is 11.4. The van der Waals surface area contributed by atoms with Gasteiger partial charge in [0.15, 0.2) is 0 Å². The van der Waals surface area contributed by atoms with E-state index in [2.05, 4.69) is 14.9 Å². The molecule has 1 atom stereocenters. The summed E-state index contributed by atoms with van der Waals surface area (Å²) in [6.45, 7) is 2.92. The van der Waals surface area contributed by atoms with Gasteiger partial charge < -0.3 is 9.64 Å². The summed E-state index contributed by atoms with van der Waals surface area (Å²) in [5.74, 6) is 0.813. The summed E-state index contributed by atoms with van der Waals surface area (Å²) < 4.78 is 30.7. The van der Waals surface area contributed by atoms with Crippen LogP contribution in [0, 0.1) is 0 Å². The van der Waals surface area contributed by atoms with Crippen molar-refractivity contribution in [3.63, 3.8) is 0 Å². The fourth-order valence-electron chi connectivity index (χ4n) is 2.83. The quantitative estimate of drug-likeness (QED) is 0.747. The zero-order valence-corrected chi connectivity index (χ0v) is 12.2. The van der Waals surface area contributed by atoms with Crippen molar-refractivity contribution in [2.45, 2.75) is 12.0 Å². The lowest BCUT2D eigenvalue weighted by atomic mass is 10.0. The fraction of sp³-hybridized carbons (Fsp3) is 0.667. The Morgan fingerprint density at radius 2 is 2.15 bits per heavy atom. The van der Waals surface area contributed by atoms with E-state index in [0.717, 1.165) is 18.8 Å². The van der Waals surface area contributed by atoms with Crippen molar-refractivity contribution in [2.75, 3.05) is 43.9 Å². The van der Waals surface area contributed by atoms with Gasteiger partial charge in [-0.1, -0.05) is 0 Å². The van der Waals surface area contributed by atoms with Crippen LogP contribution in [0.2, 0.25) is 0 Å². The lowest BCUT2D eigenvalue weighted by Crippen LogP contribution is -2.54. The van der Waals surface area contributed by atoms with E-state index in [-0.39, 0.29) is 0 Å². The predicted molar refractivity (Wildman–Crippen MR) is 74.0 cm³/mol. The van der Waals surface area contributed by atoms with Gasteiger partial charge in [0.2, 0.25) is 10.0 Å². The second-order valence-corrected chi connectivity index (χ2v) is 7.35. The molecular weight excluding hydrogens is 280 g/mol. The van der Waals surface area contributed by atoms with E-state index in [4.69, 9.17) is 4.74 Å². The highest BCUT2D eigenvalue weighted by Gasteiger charge is 2.45. The predicted octanol–water partition coefficient (Wildman–Crippen LogP) is -0.283. The third-order valence-electron chi connectivity index (χ3n) is 3.87. The fourth-order valence-corrected chi connectivity index (χ4v) is 3.73. The Morgan fingerprint density at radius 1 is 1.30 bits per heavy atom. The van der Waals surface area contributed by atoms with Crippen molar-refractivity contribution in [2.24, 2.45) is 0 Å². The van der Waals surface area contributed by atoms with Crippen LogP contribution in [0.4, 0.5) is 5.82 Å². The largest absolute Gasteiger partial charge is 0.370 e. The van der Waals surface area contributed by atoms with Crippen molar-refractivity contribution in [1.82, 2.24) is 14.3 Å². The maximum absolute atomic E-state index is 11.6. The number of morpholine rings is 1. The number of nitrogens with zero attached hydrogens (tertiary/aromatic N) is 4. The molecule has 1 unspecified atom stereocenters. The molecule has 3 heterocycles. The highest BCUT2D eigenvalue weighted by molar-refractivity contribution is 7.88. The lowest BCUT2D eigenvalue weighted by Gasteiger charge is -2.40. The highest BCUT2D eigenvalue weighted by atomic mass is 32.2. The van der Waals surface area contributed by atoms with Crippen LogP contribution in [0.3, 0.4) is 0 Å². The summed E-state index contributed by atoms with van der Waals surface area (Å²) in [7, 11) is -3.15. The third-order valence-corrected chi connectivity index (χ3v) is 5.12. The van der Waals surface area contributed by atoms with E-state index in [1.165, 1.54) is 10.6 Å². The summed E-state index contributed by atoms with van der Waals surface area (Å²) in [5.41, 5.74) is -0.418. The Hall–Kier alpha value is -1.25. The first-order valence-electron chi connectivity index (χ1n) is 6.59. The molecule has 0 aliphatic carbocycles. The molecule has 110 valence electrons. The van der Waals surface area contributed by atoms with Gasteiger partial charge >= 0.3 is 0 Å². The molecule has 7 nitrogen and oxygen atoms in total.